The lowest BCUT2D eigenvalue weighted by Crippen LogP contribution is -2.18. The minimum Gasteiger partial charge on any atom is -0.382 e. The first-order valence-corrected chi connectivity index (χ1v) is 4.36. The maximum atomic E-state index is 7.39. The van der Waals surface area contributed by atoms with E-state index in [9.17, 15) is 0 Å². The van der Waals surface area contributed by atoms with Crippen molar-refractivity contribution in [1.29, 1.82) is 5.41 Å². The second-order valence-electron chi connectivity index (χ2n) is 2.99. The van der Waals surface area contributed by atoms with Crippen molar-refractivity contribution in [3.8, 4) is 5.82 Å². The Morgan fingerprint density at radius 1 is 1.27 bits per heavy atom. The van der Waals surface area contributed by atoms with E-state index in [4.69, 9.17) is 11.1 Å². The van der Waals surface area contributed by atoms with Crippen molar-refractivity contribution in [2.75, 3.05) is 0 Å². The first-order chi connectivity index (χ1) is 7.20. The van der Waals surface area contributed by atoms with Crippen LogP contribution < -0.4 is 5.73 Å². The summed E-state index contributed by atoms with van der Waals surface area (Å²) in [5, 5.41) is 7.39. The highest BCUT2D eigenvalue weighted by molar-refractivity contribution is 5.95. The zero-order valence-electron chi connectivity index (χ0n) is 8.18. The van der Waals surface area contributed by atoms with Crippen molar-refractivity contribution in [3.05, 3.63) is 36.3 Å². The Morgan fingerprint density at radius 3 is 2.60 bits per heavy atom. The van der Waals surface area contributed by atoms with E-state index in [-0.39, 0.29) is 5.84 Å². The van der Waals surface area contributed by atoms with Crippen LogP contribution in [0.2, 0.25) is 0 Å². The Morgan fingerprint density at radius 2 is 2.00 bits per heavy atom. The van der Waals surface area contributed by atoms with Gasteiger partial charge in [0.05, 0.1) is 0 Å². The molecular formula is C9H10N6. The molecule has 0 spiro atoms. The molecule has 2 aromatic rings. The lowest BCUT2D eigenvalue weighted by Gasteiger charge is -2.07. The SMILES string of the molecule is Cc1nccn1-c1nccnc1C(=N)N. The van der Waals surface area contributed by atoms with Crippen molar-refractivity contribution >= 4 is 5.84 Å². The van der Waals surface area contributed by atoms with Crippen LogP contribution in [0.4, 0.5) is 0 Å². The summed E-state index contributed by atoms with van der Waals surface area (Å²) >= 11 is 0. The van der Waals surface area contributed by atoms with E-state index in [2.05, 4.69) is 15.0 Å². The Kier molecular flexibility index (Phi) is 2.17. The average Bonchev–Trinajstić information content (AvgIpc) is 2.64. The molecule has 0 saturated heterocycles. The molecule has 0 unspecified atom stereocenters. The van der Waals surface area contributed by atoms with Crippen molar-refractivity contribution in [3.63, 3.8) is 0 Å². The highest BCUT2D eigenvalue weighted by Gasteiger charge is 2.10. The number of nitrogens with one attached hydrogen (secondary N) is 1. The Hall–Kier alpha value is -2.24. The van der Waals surface area contributed by atoms with Crippen molar-refractivity contribution in [1.82, 2.24) is 19.5 Å². The molecule has 0 saturated carbocycles. The number of hydrogen-bond donors (Lipinski definition) is 2. The molecule has 76 valence electrons. The minimum absolute atomic E-state index is 0.105. The fourth-order valence-electron chi connectivity index (χ4n) is 1.30. The van der Waals surface area contributed by atoms with Crippen LogP contribution in [0.15, 0.2) is 24.8 Å². The topological polar surface area (TPSA) is 93.5 Å². The molecule has 0 atom stereocenters. The van der Waals surface area contributed by atoms with Gasteiger partial charge in [-0.1, -0.05) is 0 Å². The van der Waals surface area contributed by atoms with Gasteiger partial charge in [-0.25, -0.2) is 15.0 Å². The predicted octanol–water partition coefficient (Wildman–Crippen LogP) is 0.255. The second-order valence-corrected chi connectivity index (χ2v) is 2.99. The molecule has 0 amide bonds. The van der Waals surface area contributed by atoms with Crippen LogP contribution in [-0.2, 0) is 0 Å². The van der Waals surface area contributed by atoms with Crippen LogP contribution in [0, 0.1) is 12.3 Å². The van der Waals surface area contributed by atoms with Gasteiger partial charge in [0.1, 0.15) is 17.4 Å². The lowest BCUT2D eigenvalue weighted by atomic mass is 10.3. The monoisotopic (exact) mass is 202 g/mol. The summed E-state index contributed by atoms with van der Waals surface area (Å²) in [5.74, 6) is 1.20. The van der Waals surface area contributed by atoms with E-state index in [1.165, 1.54) is 6.20 Å². The van der Waals surface area contributed by atoms with E-state index in [1.54, 1.807) is 23.2 Å². The molecular weight excluding hydrogens is 192 g/mol. The molecule has 0 radical (unpaired) electrons. The molecule has 6 nitrogen and oxygen atoms in total. The number of aromatic nitrogens is 4. The predicted molar refractivity (Wildman–Crippen MR) is 54.9 cm³/mol. The first-order valence-electron chi connectivity index (χ1n) is 4.36. The van der Waals surface area contributed by atoms with Gasteiger partial charge >= 0.3 is 0 Å². The third-order valence-electron chi connectivity index (χ3n) is 1.99. The number of nitrogens with zero attached hydrogens (tertiary/aromatic N) is 4. The zero-order valence-corrected chi connectivity index (χ0v) is 8.18. The van der Waals surface area contributed by atoms with Gasteiger partial charge in [0.25, 0.3) is 0 Å². The quantitative estimate of drug-likeness (QED) is 0.539. The third-order valence-corrected chi connectivity index (χ3v) is 1.99. The fraction of sp³-hybridized carbons (Fsp3) is 0.111. The summed E-state index contributed by atoms with van der Waals surface area (Å²) < 4.78 is 1.74. The number of imidazole rings is 1. The van der Waals surface area contributed by atoms with Crippen molar-refractivity contribution in [2.24, 2.45) is 5.73 Å². The molecule has 3 N–H and O–H groups in total. The molecule has 15 heavy (non-hydrogen) atoms. The number of nitrogens with two attached hydrogens (primary N) is 1. The number of nitrogen functional groups attached to an aromatic ring is 1. The van der Waals surface area contributed by atoms with Crippen LogP contribution in [0.3, 0.4) is 0 Å². The highest BCUT2D eigenvalue weighted by Crippen LogP contribution is 2.09. The van der Waals surface area contributed by atoms with Gasteiger partial charge < -0.3 is 5.73 Å². The smallest absolute Gasteiger partial charge is 0.168 e. The summed E-state index contributed by atoms with van der Waals surface area (Å²) in [6.45, 7) is 1.85. The van der Waals surface area contributed by atoms with E-state index >= 15 is 0 Å². The number of amidine groups is 1. The Labute approximate surface area is 86.3 Å². The summed E-state index contributed by atoms with van der Waals surface area (Å²) in [7, 11) is 0. The van der Waals surface area contributed by atoms with Gasteiger partial charge in [-0.15, -0.1) is 0 Å². The van der Waals surface area contributed by atoms with Gasteiger partial charge in [-0.3, -0.25) is 9.98 Å². The lowest BCUT2D eigenvalue weighted by molar-refractivity contribution is 0.911. The zero-order chi connectivity index (χ0) is 10.8. The molecule has 6 heteroatoms. The minimum atomic E-state index is -0.105. The summed E-state index contributed by atoms with van der Waals surface area (Å²) in [6, 6.07) is 0. The Balaban J connectivity index is 2.63. The number of rotatable bonds is 2. The van der Waals surface area contributed by atoms with Gasteiger partial charge in [-0.05, 0) is 6.92 Å². The number of aryl methyl sites for hydroxylation is 1. The maximum Gasteiger partial charge on any atom is 0.168 e. The first kappa shape index (κ1) is 9.32. The molecule has 2 aromatic heterocycles. The summed E-state index contributed by atoms with van der Waals surface area (Å²) in [4.78, 5) is 12.2. The van der Waals surface area contributed by atoms with Crippen LogP contribution in [0.25, 0.3) is 5.82 Å². The van der Waals surface area contributed by atoms with E-state index < -0.39 is 0 Å². The second kappa shape index (κ2) is 3.49. The Bertz CT molecular complexity index is 501. The maximum absolute atomic E-state index is 7.39. The van der Waals surface area contributed by atoms with Gasteiger partial charge in [-0.2, -0.15) is 0 Å². The molecule has 0 fully saturated rings. The van der Waals surface area contributed by atoms with Crippen LogP contribution in [0.5, 0.6) is 0 Å². The normalized spacial score (nSPS) is 10.2. The molecule has 0 aromatic carbocycles. The van der Waals surface area contributed by atoms with E-state index in [0.717, 1.165) is 5.82 Å². The van der Waals surface area contributed by atoms with Gasteiger partial charge in [0, 0.05) is 24.8 Å². The number of hydrogen-bond acceptors (Lipinski definition) is 4. The summed E-state index contributed by atoms with van der Waals surface area (Å²) in [5.41, 5.74) is 5.78. The molecule has 2 rings (SSSR count). The highest BCUT2D eigenvalue weighted by atomic mass is 15.1. The molecule has 2 heterocycles. The van der Waals surface area contributed by atoms with Crippen LogP contribution in [-0.4, -0.2) is 25.4 Å². The van der Waals surface area contributed by atoms with Crippen molar-refractivity contribution in [2.45, 2.75) is 6.92 Å². The largest absolute Gasteiger partial charge is 0.382 e. The average molecular weight is 202 g/mol. The fourth-order valence-corrected chi connectivity index (χ4v) is 1.30. The standard InChI is InChI=1S/C9H10N6/c1-6-12-4-5-15(6)9-7(8(10)11)13-2-3-14-9/h2-5H,1H3,(H3,10,11). The van der Waals surface area contributed by atoms with E-state index in [1.807, 2.05) is 6.92 Å². The van der Waals surface area contributed by atoms with Gasteiger partial charge in [0.15, 0.2) is 5.82 Å². The third kappa shape index (κ3) is 1.56. The van der Waals surface area contributed by atoms with Crippen molar-refractivity contribution < 1.29 is 0 Å². The summed E-state index contributed by atoms with van der Waals surface area (Å²) in [6.07, 6.45) is 6.48. The van der Waals surface area contributed by atoms with E-state index in [0.29, 0.717) is 11.5 Å². The van der Waals surface area contributed by atoms with Gasteiger partial charge in [0.2, 0.25) is 0 Å². The van der Waals surface area contributed by atoms with Crippen LogP contribution in [0.1, 0.15) is 11.5 Å². The molecule has 0 aliphatic rings. The molecule has 0 bridgehead atoms. The molecule has 0 aliphatic heterocycles. The molecule has 0 aliphatic carbocycles. The van der Waals surface area contributed by atoms with Crippen LogP contribution >= 0.6 is 0 Å².